The van der Waals surface area contributed by atoms with Crippen LogP contribution >= 0.6 is 0 Å². The first kappa shape index (κ1) is 25.3. The van der Waals surface area contributed by atoms with E-state index in [0.29, 0.717) is 18.1 Å². The molecule has 1 saturated heterocycles. The maximum atomic E-state index is 12.8. The molecule has 200 valence electrons. The van der Waals surface area contributed by atoms with Gasteiger partial charge in [-0.15, -0.1) is 0 Å². The molecule has 4 aromatic rings. The summed E-state index contributed by atoms with van der Waals surface area (Å²) in [5.41, 5.74) is 6.86. The summed E-state index contributed by atoms with van der Waals surface area (Å²) in [6.07, 6.45) is 5.32. The number of aromatic nitrogens is 2. The second-order valence-electron chi connectivity index (χ2n) is 10.2. The van der Waals surface area contributed by atoms with Crippen LogP contribution in [0.25, 0.3) is 22.0 Å². The molecule has 3 heterocycles. The molecular formula is C31H34N6O2. The van der Waals surface area contributed by atoms with Gasteiger partial charge >= 0.3 is 0 Å². The summed E-state index contributed by atoms with van der Waals surface area (Å²) in [6.45, 7) is 5.65. The highest BCUT2D eigenvalue weighted by atomic mass is 16.5. The summed E-state index contributed by atoms with van der Waals surface area (Å²) < 4.78 is 5.66. The summed E-state index contributed by atoms with van der Waals surface area (Å²) >= 11 is 0. The highest BCUT2D eigenvalue weighted by molar-refractivity contribution is 5.96. The standard InChI is InChI=1S/C31H34N6O2/c1-39-29-18-23-9-10-32-19-26(23)17-28(29)36-31-34-20-25-8-7-22(16-27(25)35-31)21-5-4-6-24(15-21)30(38)33-11-14-37-12-2-3-13-37/h4-8,15-18,20,32H,2-3,9-14,19H2,1H3,(H,33,38)(H,34,35,36). The van der Waals surface area contributed by atoms with Gasteiger partial charge in [-0.3, -0.25) is 4.79 Å². The Hall–Kier alpha value is -4.01. The van der Waals surface area contributed by atoms with E-state index in [1.165, 1.54) is 24.0 Å². The van der Waals surface area contributed by atoms with Gasteiger partial charge in [0.15, 0.2) is 0 Å². The molecular weight excluding hydrogens is 488 g/mol. The first-order valence-corrected chi connectivity index (χ1v) is 13.7. The van der Waals surface area contributed by atoms with Crippen LogP contribution < -0.4 is 20.7 Å². The van der Waals surface area contributed by atoms with Gasteiger partial charge in [0.05, 0.1) is 18.3 Å². The van der Waals surface area contributed by atoms with Gasteiger partial charge in [0.2, 0.25) is 5.95 Å². The predicted octanol–water partition coefficient (Wildman–Crippen LogP) is 4.52. The molecule has 1 fully saturated rings. The number of carbonyl (C=O) groups excluding carboxylic acids is 1. The summed E-state index contributed by atoms with van der Waals surface area (Å²) in [5, 5.41) is 10.8. The summed E-state index contributed by atoms with van der Waals surface area (Å²) in [7, 11) is 1.68. The van der Waals surface area contributed by atoms with E-state index in [1.54, 1.807) is 7.11 Å². The van der Waals surface area contributed by atoms with Crippen molar-refractivity contribution in [2.45, 2.75) is 25.8 Å². The number of anilines is 2. The van der Waals surface area contributed by atoms with Crippen molar-refractivity contribution in [2.75, 3.05) is 45.2 Å². The first-order chi connectivity index (χ1) is 19.2. The molecule has 2 aliphatic rings. The number of likely N-dealkylation sites (tertiary alicyclic amines) is 1. The Kier molecular flexibility index (Phi) is 7.38. The normalized spacial score (nSPS) is 15.2. The van der Waals surface area contributed by atoms with Crippen LogP contribution in [0.3, 0.4) is 0 Å². The van der Waals surface area contributed by atoms with Crippen LogP contribution in [-0.2, 0) is 13.0 Å². The highest BCUT2D eigenvalue weighted by Gasteiger charge is 2.15. The lowest BCUT2D eigenvalue weighted by Gasteiger charge is -2.20. The Morgan fingerprint density at radius 2 is 1.92 bits per heavy atom. The first-order valence-electron chi connectivity index (χ1n) is 13.7. The molecule has 3 N–H and O–H groups in total. The van der Waals surface area contributed by atoms with Crippen LogP contribution in [0.4, 0.5) is 11.6 Å². The van der Waals surface area contributed by atoms with Crippen LogP contribution in [0.2, 0.25) is 0 Å². The predicted molar refractivity (Wildman–Crippen MR) is 155 cm³/mol. The average molecular weight is 523 g/mol. The number of nitrogens with one attached hydrogen (secondary N) is 3. The van der Waals surface area contributed by atoms with Gasteiger partial charge in [-0.1, -0.05) is 24.3 Å². The Balaban J connectivity index is 1.20. The quantitative estimate of drug-likeness (QED) is 0.313. The van der Waals surface area contributed by atoms with Gasteiger partial charge < -0.3 is 25.6 Å². The number of rotatable bonds is 8. The van der Waals surface area contributed by atoms with E-state index in [-0.39, 0.29) is 5.91 Å². The van der Waals surface area contributed by atoms with Gasteiger partial charge in [0, 0.05) is 36.8 Å². The Labute approximate surface area is 228 Å². The smallest absolute Gasteiger partial charge is 0.251 e. The van der Waals surface area contributed by atoms with E-state index in [2.05, 4.69) is 38.0 Å². The van der Waals surface area contributed by atoms with Crippen molar-refractivity contribution in [1.29, 1.82) is 0 Å². The molecule has 1 amide bonds. The molecule has 1 aromatic heterocycles. The fourth-order valence-corrected chi connectivity index (χ4v) is 5.44. The minimum atomic E-state index is -0.0418. The van der Waals surface area contributed by atoms with E-state index >= 15 is 0 Å². The maximum Gasteiger partial charge on any atom is 0.251 e. The molecule has 8 heteroatoms. The molecule has 0 spiro atoms. The lowest BCUT2D eigenvalue weighted by molar-refractivity contribution is 0.0950. The van der Waals surface area contributed by atoms with E-state index in [9.17, 15) is 4.79 Å². The minimum Gasteiger partial charge on any atom is -0.495 e. The Bertz CT molecular complexity index is 1500. The maximum absolute atomic E-state index is 12.8. The SMILES string of the molecule is COc1cc2c(cc1Nc1ncc3ccc(-c4cccc(C(=O)NCCN5CCCC5)c4)cc3n1)CNCC2. The second kappa shape index (κ2) is 11.4. The van der Waals surface area contributed by atoms with Crippen LogP contribution in [0.15, 0.2) is 60.8 Å². The van der Waals surface area contributed by atoms with Crippen molar-refractivity contribution in [2.24, 2.45) is 0 Å². The number of amides is 1. The third kappa shape index (κ3) is 5.72. The van der Waals surface area contributed by atoms with Crippen molar-refractivity contribution in [3.63, 3.8) is 0 Å². The number of ether oxygens (including phenoxy) is 1. The van der Waals surface area contributed by atoms with E-state index < -0.39 is 0 Å². The number of methoxy groups -OCH3 is 1. The number of nitrogens with zero attached hydrogens (tertiary/aromatic N) is 3. The number of fused-ring (bicyclic) bond motifs is 2. The zero-order valence-electron chi connectivity index (χ0n) is 22.3. The number of hydrogen-bond acceptors (Lipinski definition) is 7. The molecule has 0 unspecified atom stereocenters. The van der Waals surface area contributed by atoms with Crippen molar-refractivity contribution in [1.82, 2.24) is 25.5 Å². The molecule has 3 aromatic carbocycles. The second-order valence-corrected chi connectivity index (χ2v) is 10.2. The molecule has 0 atom stereocenters. The van der Waals surface area contributed by atoms with Gasteiger partial charge in [-0.2, -0.15) is 0 Å². The van der Waals surface area contributed by atoms with Crippen LogP contribution in [0, 0.1) is 0 Å². The van der Waals surface area contributed by atoms with Crippen LogP contribution in [0.5, 0.6) is 5.75 Å². The third-order valence-electron chi connectivity index (χ3n) is 7.61. The molecule has 39 heavy (non-hydrogen) atoms. The largest absolute Gasteiger partial charge is 0.495 e. The van der Waals surface area contributed by atoms with E-state index in [4.69, 9.17) is 9.72 Å². The van der Waals surface area contributed by atoms with E-state index in [1.807, 2.05) is 48.7 Å². The van der Waals surface area contributed by atoms with Crippen molar-refractivity contribution >= 4 is 28.4 Å². The summed E-state index contributed by atoms with van der Waals surface area (Å²) in [6, 6.07) is 18.1. The lowest BCUT2D eigenvalue weighted by atomic mass is 10.00. The summed E-state index contributed by atoms with van der Waals surface area (Å²) in [5.74, 6) is 1.25. The molecule has 6 rings (SSSR count). The van der Waals surface area contributed by atoms with Crippen molar-refractivity contribution < 1.29 is 9.53 Å². The van der Waals surface area contributed by atoms with Gasteiger partial charge in [-0.25, -0.2) is 9.97 Å². The Morgan fingerprint density at radius 1 is 1.05 bits per heavy atom. The van der Waals surface area contributed by atoms with E-state index in [0.717, 1.165) is 72.6 Å². The highest BCUT2D eigenvalue weighted by Crippen LogP contribution is 2.32. The lowest BCUT2D eigenvalue weighted by Crippen LogP contribution is -2.33. The number of carbonyl (C=O) groups is 1. The number of benzene rings is 3. The van der Waals surface area contributed by atoms with Gasteiger partial charge in [0.1, 0.15) is 5.75 Å². The van der Waals surface area contributed by atoms with Gasteiger partial charge in [-0.05, 0) is 91.5 Å². The monoisotopic (exact) mass is 522 g/mol. The molecule has 0 bridgehead atoms. The zero-order valence-corrected chi connectivity index (χ0v) is 22.3. The van der Waals surface area contributed by atoms with Gasteiger partial charge in [0.25, 0.3) is 5.91 Å². The fraction of sp³-hybridized carbons (Fsp3) is 0.323. The minimum absolute atomic E-state index is 0.0418. The van der Waals surface area contributed by atoms with Crippen LogP contribution in [-0.4, -0.2) is 60.6 Å². The van der Waals surface area contributed by atoms with Crippen molar-refractivity contribution in [3.05, 3.63) is 77.5 Å². The molecule has 8 nitrogen and oxygen atoms in total. The van der Waals surface area contributed by atoms with Crippen molar-refractivity contribution in [3.8, 4) is 16.9 Å². The fourth-order valence-electron chi connectivity index (χ4n) is 5.44. The molecule has 0 aliphatic carbocycles. The average Bonchev–Trinajstić information content (AvgIpc) is 3.50. The topological polar surface area (TPSA) is 91.4 Å². The molecule has 0 saturated carbocycles. The Morgan fingerprint density at radius 3 is 2.79 bits per heavy atom. The molecule has 0 radical (unpaired) electrons. The zero-order chi connectivity index (χ0) is 26.6. The summed E-state index contributed by atoms with van der Waals surface area (Å²) in [4.78, 5) is 24.5. The molecule has 2 aliphatic heterocycles. The third-order valence-corrected chi connectivity index (χ3v) is 7.61. The van der Waals surface area contributed by atoms with Crippen LogP contribution in [0.1, 0.15) is 34.3 Å². The number of hydrogen-bond donors (Lipinski definition) is 3.